The quantitative estimate of drug-likeness (QED) is 0.724. The molecule has 0 atom stereocenters. The number of likely N-dealkylation sites (N-methyl/N-ethyl adjacent to an activating group) is 1. The van der Waals surface area contributed by atoms with Crippen molar-refractivity contribution in [2.75, 3.05) is 33.2 Å². The molecular formula is C25H33N5O2. The number of carbonyl (C=O) groups excluding carboxylic acids is 2. The molecule has 1 aromatic carbocycles. The van der Waals surface area contributed by atoms with E-state index in [2.05, 4.69) is 27.2 Å². The number of fused-ring (bicyclic) bond motifs is 1. The number of benzene rings is 1. The number of hydrogen-bond donors (Lipinski definition) is 1. The van der Waals surface area contributed by atoms with Crippen molar-refractivity contribution in [1.29, 1.82) is 0 Å². The van der Waals surface area contributed by atoms with Gasteiger partial charge in [0.1, 0.15) is 0 Å². The van der Waals surface area contributed by atoms with E-state index in [1.54, 1.807) is 11.1 Å². The van der Waals surface area contributed by atoms with Crippen molar-refractivity contribution in [1.82, 2.24) is 25.1 Å². The summed E-state index contributed by atoms with van der Waals surface area (Å²) in [5.41, 5.74) is 2.20. The Morgan fingerprint density at radius 2 is 1.94 bits per heavy atom. The molecule has 1 fully saturated rings. The minimum absolute atomic E-state index is 0.0753. The Morgan fingerprint density at radius 1 is 1.16 bits per heavy atom. The third-order valence-electron chi connectivity index (χ3n) is 6.58. The van der Waals surface area contributed by atoms with Crippen LogP contribution < -0.4 is 5.32 Å². The van der Waals surface area contributed by atoms with E-state index in [4.69, 9.17) is 0 Å². The highest BCUT2D eigenvalue weighted by Crippen LogP contribution is 2.22. The third kappa shape index (κ3) is 5.51. The summed E-state index contributed by atoms with van der Waals surface area (Å²) < 4.78 is 0. The summed E-state index contributed by atoms with van der Waals surface area (Å²) in [6.07, 6.45) is 9.54. The van der Waals surface area contributed by atoms with Crippen molar-refractivity contribution in [2.45, 2.75) is 51.0 Å². The zero-order valence-corrected chi connectivity index (χ0v) is 18.9. The van der Waals surface area contributed by atoms with E-state index >= 15 is 0 Å². The smallest absolute Gasteiger partial charge is 0.257 e. The van der Waals surface area contributed by atoms with Gasteiger partial charge in [-0.25, -0.2) is 9.97 Å². The molecule has 2 amide bonds. The predicted octanol–water partition coefficient (Wildman–Crippen LogP) is 2.91. The molecule has 2 aliphatic rings. The van der Waals surface area contributed by atoms with Crippen LogP contribution in [0.4, 0.5) is 0 Å². The van der Waals surface area contributed by atoms with Gasteiger partial charge in [0.15, 0.2) is 5.82 Å². The van der Waals surface area contributed by atoms with E-state index in [-0.39, 0.29) is 18.4 Å². The van der Waals surface area contributed by atoms with Crippen molar-refractivity contribution in [3.63, 3.8) is 0 Å². The standard InChI is InChI=1S/C25H33N5O2/c1-29(20-11-6-3-7-12-20)16-14-26-23(31)18-30-15-8-13-22-21(25(30)32)17-27-24(28-22)19-9-4-2-5-10-19/h2,4-5,9-10,17,20H,3,6-8,11-16,18H2,1H3,(H,26,31). The van der Waals surface area contributed by atoms with Gasteiger partial charge in [-0.05, 0) is 32.7 Å². The lowest BCUT2D eigenvalue weighted by atomic mass is 9.94. The van der Waals surface area contributed by atoms with Crippen LogP contribution in [0.3, 0.4) is 0 Å². The Balaban J connectivity index is 1.32. The molecule has 7 heteroatoms. The maximum atomic E-state index is 13.1. The molecule has 1 aliphatic carbocycles. The van der Waals surface area contributed by atoms with E-state index in [0.717, 1.165) is 24.2 Å². The molecule has 2 heterocycles. The lowest BCUT2D eigenvalue weighted by Gasteiger charge is -2.31. The molecule has 0 spiro atoms. The number of nitrogens with one attached hydrogen (secondary N) is 1. The van der Waals surface area contributed by atoms with Gasteiger partial charge in [0.2, 0.25) is 5.91 Å². The van der Waals surface area contributed by atoms with Gasteiger partial charge in [0, 0.05) is 37.4 Å². The number of amides is 2. The summed E-state index contributed by atoms with van der Waals surface area (Å²) in [5, 5.41) is 2.99. The largest absolute Gasteiger partial charge is 0.353 e. The van der Waals surface area contributed by atoms with Crippen LogP contribution in [0.2, 0.25) is 0 Å². The zero-order chi connectivity index (χ0) is 22.3. The second-order valence-electron chi connectivity index (χ2n) is 8.87. The highest BCUT2D eigenvalue weighted by atomic mass is 16.2. The summed E-state index contributed by atoms with van der Waals surface area (Å²) in [5.74, 6) is 0.359. The normalized spacial score (nSPS) is 17.2. The Labute approximate surface area is 190 Å². The van der Waals surface area contributed by atoms with E-state index in [9.17, 15) is 9.59 Å². The van der Waals surface area contributed by atoms with Crippen LogP contribution in [0.5, 0.6) is 0 Å². The maximum absolute atomic E-state index is 13.1. The monoisotopic (exact) mass is 435 g/mol. The van der Waals surface area contributed by atoms with Crippen LogP contribution in [0, 0.1) is 0 Å². The molecule has 170 valence electrons. The molecule has 0 bridgehead atoms. The van der Waals surface area contributed by atoms with Gasteiger partial charge in [-0.3, -0.25) is 9.59 Å². The molecule has 4 rings (SSSR count). The second-order valence-corrected chi connectivity index (χ2v) is 8.87. The van der Waals surface area contributed by atoms with Crippen LogP contribution in [-0.2, 0) is 11.2 Å². The summed E-state index contributed by atoms with van der Waals surface area (Å²) >= 11 is 0. The minimum Gasteiger partial charge on any atom is -0.353 e. The first-order valence-corrected chi connectivity index (χ1v) is 11.8. The van der Waals surface area contributed by atoms with Crippen molar-refractivity contribution in [3.8, 4) is 11.4 Å². The van der Waals surface area contributed by atoms with Gasteiger partial charge in [-0.15, -0.1) is 0 Å². The fraction of sp³-hybridized carbons (Fsp3) is 0.520. The van der Waals surface area contributed by atoms with Gasteiger partial charge in [0.25, 0.3) is 5.91 Å². The second kappa shape index (κ2) is 10.7. The van der Waals surface area contributed by atoms with E-state index in [1.807, 2.05) is 30.3 Å². The highest BCUT2D eigenvalue weighted by Gasteiger charge is 2.26. The Bertz CT molecular complexity index is 927. The number of aryl methyl sites for hydroxylation is 1. The van der Waals surface area contributed by atoms with Crippen LogP contribution in [0.1, 0.15) is 54.6 Å². The SMILES string of the molecule is CN(CCNC(=O)CN1CCCc2nc(-c3ccccc3)ncc2C1=O)C1CCCCC1. The lowest BCUT2D eigenvalue weighted by Crippen LogP contribution is -2.44. The van der Waals surface area contributed by atoms with Crippen molar-refractivity contribution in [3.05, 3.63) is 47.8 Å². The van der Waals surface area contributed by atoms with E-state index < -0.39 is 0 Å². The van der Waals surface area contributed by atoms with E-state index in [1.165, 1.54) is 32.1 Å². The van der Waals surface area contributed by atoms with Gasteiger partial charge >= 0.3 is 0 Å². The van der Waals surface area contributed by atoms with Crippen molar-refractivity contribution < 1.29 is 9.59 Å². The number of rotatable bonds is 7. The number of aromatic nitrogens is 2. The average molecular weight is 436 g/mol. The molecule has 1 saturated carbocycles. The van der Waals surface area contributed by atoms with Crippen molar-refractivity contribution >= 4 is 11.8 Å². The Kier molecular flexibility index (Phi) is 7.47. The minimum atomic E-state index is -0.161. The van der Waals surface area contributed by atoms with Crippen LogP contribution >= 0.6 is 0 Å². The molecule has 1 aliphatic heterocycles. The topological polar surface area (TPSA) is 78.4 Å². The van der Waals surface area contributed by atoms with Gasteiger partial charge in [0.05, 0.1) is 17.8 Å². The van der Waals surface area contributed by atoms with Gasteiger partial charge in [-0.1, -0.05) is 49.6 Å². The maximum Gasteiger partial charge on any atom is 0.257 e. The number of nitrogens with zero attached hydrogens (tertiary/aromatic N) is 4. The Morgan fingerprint density at radius 3 is 2.72 bits per heavy atom. The first-order chi connectivity index (χ1) is 15.6. The molecule has 7 nitrogen and oxygen atoms in total. The lowest BCUT2D eigenvalue weighted by molar-refractivity contribution is -0.121. The summed E-state index contributed by atoms with van der Waals surface area (Å²) in [6, 6.07) is 10.4. The first-order valence-electron chi connectivity index (χ1n) is 11.8. The van der Waals surface area contributed by atoms with Crippen LogP contribution in [0.15, 0.2) is 36.5 Å². The fourth-order valence-corrected chi connectivity index (χ4v) is 4.68. The summed E-state index contributed by atoms with van der Waals surface area (Å²) in [7, 11) is 2.14. The molecule has 0 unspecified atom stereocenters. The van der Waals surface area contributed by atoms with Crippen LogP contribution in [-0.4, -0.2) is 70.9 Å². The van der Waals surface area contributed by atoms with Crippen LogP contribution in [0.25, 0.3) is 11.4 Å². The zero-order valence-electron chi connectivity index (χ0n) is 18.9. The number of hydrogen-bond acceptors (Lipinski definition) is 5. The van der Waals surface area contributed by atoms with Crippen molar-refractivity contribution in [2.24, 2.45) is 0 Å². The molecule has 0 saturated heterocycles. The van der Waals surface area contributed by atoms with Gasteiger partial charge in [-0.2, -0.15) is 0 Å². The molecule has 1 aromatic heterocycles. The molecule has 32 heavy (non-hydrogen) atoms. The third-order valence-corrected chi connectivity index (χ3v) is 6.58. The average Bonchev–Trinajstić information content (AvgIpc) is 2.98. The highest BCUT2D eigenvalue weighted by molar-refractivity contribution is 5.97. The Hall–Kier alpha value is -2.80. The fourth-order valence-electron chi connectivity index (χ4n) is 4.68. The molecule has 2 aromatic rings. The first kappa shape index (κ1) is 22.4. The molecule has 1 N–H and O–H groups in total. The summed E-state index contributed by atoms with van der Waals surface area (Å²) in [6.45, 7) is 2.06. The van der Waals surface area contributed by atoms with E-state index in [0.29, 0.717) is 36.9 Å². The molecule has 0 radical (unpaired) electrons. The van der Waals surface area contributed by atoms with Gasteiger partial charge < -0.3 is 15.1 Å². The molecular weight excluding hydrogens is 402 g/mol. The number of carbonyl (C=O) groups is 2. The predicted molar refractivity (Wildman–Crippen MR) is 124 cm³/mol. The summed E-state index contributed by atoms with van der Waals surface area (Å²) in [4.78, 5) is 38.6.